The number of halogens is 3. The van der Waals surface area contributed by atoms with Crippen LogP contribution >= 0.6 is 0 Å². The van der Waals surface area contributed by atoms with Gasteiger partial charge in [-0.3, -0.25) is 0 Å². The van der Waals surface area contributed by atoms with Gasteiger partial charge in [0.25, 0.3) is 0 Å². The number of aromatic nitrogens is 1. The third-order valence-electron chi connectivity index (χ3n) is 3.31. The Morgan fingerprint density at radius 1 is 1.19 bits per heavy atom. The molecule has 0 saturated heterocycles. The topological polar surface area (TPSA) is 90.2 Å². The Labute approximate surface area is 144 Å². The van der Waals surface area contributed by atoms with Crippen LogP contribution in [0.5, 0.6) is 11.5 Å². The Bertz CT molecular complexity index is 837. The second-order valence-electron chi connectivity index (χ2n) is 5.18. The maximum Gasteiger partial charge on any atom is 0.573 e. The largest absolute Gasteiger partial charge is 0.573 e. The summed E-state index contributed by atoms with van der Waals surface area (Å²) >= 11 is 0. The fraction of sp³-hybridized carbons (Fsp3) is 0.188. The average molecular weight is 368 g/mol. The van der Waals surface area contributed by atoms with E-state index >= 15 is 0 Å². The fourth-order valence-corrected chi connectivity index (χ4v) is 2.21. The van der Waals surface area contributed by atoms with Crippen LogP contribution in [0.4, 0.5) is 13.2 Å². The van der Waals surface area contributed by atoms with E-state index in [1.807, 2.05) is 0 Å². The highest BCUT2D eigenvalue weighted by atomic mass is 19.4. The van der Waals surface area contributed by atoms with Crippen LogP contribution in [0.25, 0.3) is 0 Å². The van der Waals surface area contributed by atoms with Crippen molar-refractivity contribution >= 4 is 11.9 Å². The highest BCUT2D eigenvalue weighted by molar-refractivity contribution is 5.86. The number of pyridine rings is 1. The summed E-state index contributed by atoms with van der Waals surface area (Å²) in [6.07, 6.45) is -3.78. The first-order chi connectivity index (χ1) is 12.3. The molecule has 136 valence electrons. The average Bonchev–Trinajstić information content (AvgIpc) is 3.03. The van der Waals surface area contributed by atoms with Gasteiger partial charge >= 0.3 is 12.3 Å². The van der Waals surface area contributed by atoms with Gasteiger partial charge in [-0.05, 0) is 23.8 Å². The standard InChI is InChI=1S/C16H11F3N2O5/c17-16(18,19)25-10-3-1-9(2-4-10)13-8-14(21-26-13)24-11-5-6-20-12(7-11)15(22)23/h1-7,13H,8H2,(H,22,23)/t13-/m1/s1. The first-order valence-corrected chi connectivity index (χ1v) is 7.26. The lowest BCUT2D eigenvalue weighted by Gasteiger charge is -2.11. The molecule has 1 aromatic heterocycles. The maximum atomic E-state index is 12.2. The molecule has 0 fully saturated rings. The summed E-state index contributed by atoms with van der Waals surface area (Å²) in [6.45, 7) is 0. The molecule has 3 rings (SSSR count). The van der Waals surface area contributed by atoms with Crippen LogP contribution in [0.15, 0.2) is 47.8 Å². The molecule has 7 nitrogen and oxygen atoms in total. The van der Waals surface area contributed by atoms with Gasteiger partial charge in [0.1, 0.15) is 11.5 Å². The normalized spacial score (nSPS) is 16.6. The number of alkyl halides is 3. The number of hydrogen-bond acceptors (Lipinski definition) is 6. The van der Waals surface area contributed by atoms with Crippen molar-refractivity contribution in [3.8, 4) is 11.5 Å². The molecule has 26 heavy (non-hydrogen) atoms. The summed E-state index contributed by atoms with van der Waals surface area (Å²) < 4.78 is 45.7. The summed E-state index contributed by atoms with van der Waals surface area (Å²) in [4.78, 5) is 19.8. The van der Waals surface area contributed by atoms with Gasteiger partial charge < -0.3 is 19.4 Å². The van der Waals surface area contributed by atoms with Crippen LogP contribution in [0, 0.1) is 0 Å². The van der Waals surface area contributed by atoms with Crippen molar-refractivity contribution in [3.63, 3.8) is 0 Å². The number of carbonyl (C=O) groups is 1. The van der Waals surface area contributed by atoms with Gasteiger partial charge in [-0.25, -0.2) is 9.78 Å². The number of aromatic carboxylic acids is 1. The van der Waals surface area contributed by atoms with Gasteiger partial charge in [0, 0.05) is 12.3 Å². The van der Waals surface area contributed by atoms with Crippen LogP contribution in [0.2, 0.25) is 0 Å². The summed E-state index contributed by atoms with van der Waals surface area (Å²) in [5, 5.41) is 12.7. The summed E-state index contributed by atoms with van der Waals surface area (Å²) in [6, 6.07) is 7.91. The molecule has 0 bridgehead atoms. The van der Waals surface area contributed by atoms with Crippen LogP contribution in [0.3, 0.4) is 0 Å². The molecule has 0 radical (unpaired) electrons. The number of rotatable bonds is 4. The van der Waals surface area contributed by atoms with E-state index in [1.165, 1.54) is 42.6 Å². The molecule has 1 aromatic carbocycles. The SMILES string of the molecule is O=C(O)c1cc(OC2=NO[C@@H](c3ccc(OC(F)(F)F)cc3)C2)ccn1. The second-order valence-corrected chi connectivity index (χ2v) is 5.18. The van der Waals surface area contributed by atoms with Crippen LogP contribution < -0.4 is 9.47 Å². The molecular weight excluding hydrogens is 357 g/mol. The number of nitrogens with zero attached hydrogens (tertiary/aromatic N) is 2. The van der Waals surface area contributed by atoms with E-state index in [0.29, 0.717) is 5.56 Å². The van der Waals surface area contributed by atoms with Crippen LogP contribution in [0.1, 0.15) is 28.6 Å². The lowest BCUT2D eigenvalue weighted by molar-refractivity contribution is -0.274. The zero-order valence-electron chi connectivity index (χ0n) is 12.9. The Morgan fingerprint density at radius 3 is 2.58 bits per heavy atom. The third-order valence-corrected chi connectivity index (χ3v) is 3.31. The fourth-order valence-electron chi connectivity index (χ4n) is 2.21. The Hall–Kier alpha value is -3.30. The van der Waals surface area contributed by atoms with Crippen molar-refractivity contribution in [2.45, 2.75) is 18.9 Å². The molecule has 1 aliphatic rings. The summed E-state index contributed by atoms with van der Waals surface area (Å²) in [7, 11) is 0. The van der Waals surface area contributed by atoms with E-state index in [9.17, 15) is 18.0 Å². The monoisotopic (exact) mass is 368 g/mol. The molecule has 0 aliphatic carbocycles. The first kappa shape index (κ1) is 17.5. The van der Waals surface area contributed by atoms with Gasteiger partial charge in [-0.15, -0.1) is 13.2 Å². The van der Waals surface area contributed by atoms with Crippen molar-refractivity contribution in [2.24, 2.45) is 5.16 Å². The minimum atomic E-state index is -4.76. The zero-order chi connectivity index (χ0) is 18.7. The van der Waals surface area contributed by atoms with Crippen LogP contribution in [-0.2, 0) is 4.84 Å². The minimum absolute atomic E-state index is 0.182. The molecule has 0 spiro atoms. The molecule has 2 aromatic rings. The Morgan fingerprint density at radius 2 is 1.92 bits per heavy atom. The predicted molar refractivity (Wildman–Crippen MR) is 80.8 cm³/mol. The third kappa shape index (κ3) is 4.41. The molecule has 1 atom stereocenters. The highest BCUT2D eigenvalue weighted by Gasteiger charge is 2.31. The summed E-state index contributed by atoms with van der Waals surface area (Å²) in [5.41, 5.74) is 0.404. The number of ether oxygens (including phenoxy) is 2. The van der Waals surface area contributed by atoms with Crippen LogP contribution in [-0.4, -0.2) is 28.3 Å². The van der Waals surface area contributed by atoms with Crippen molar-refractivity contribution in [2.75, 3.05) is 0 Å². The molecule has 0 saturated carbocycles. The van der Waals surface area contributed by atoms with Crippen molar-refractivity contribution < 1.29 is 37.4 Å². The van der Waals surface area contributed by atoms with E-state index in [1.54, 1.807) is 0 Å². The Kier molecular flexibility index (Phi) is 4.65. The number of oxime groups is 1. The van der Waals surface area contributed by atoms with E-state index in [0.717, 1.165) is 0 Å². The van der Waals surface area contributed by atoms with Crippen molar-refractivity contribution in [1.29, 1.82) is 0 Å². The van der Waals surface area contributed by atoms with Crippen molar-refractivity contribution in [3.05, 3.63) is 53.9 Å². The lowest BCUT2D eigenvalue weighted by atomic mass is 10.1. The number of benzene rings is 1. The molecule has 10 heteroatoms. The molecular formula is C16H11F3N2O5. The maximum absolute atomic E-state index is 12.2. The zero-order valence-corrected chi connectivity index (χ0v) is 12.9. The van der Waals surface area contributed by atoms with Gasteiger partial charge in [-0.1, -0.05) is 17.3 Å². The number of hydrogen-bond donors (Lipinski definition) is 1. The van der Waals surface area contributed by atoms with Gasteiger partial charge in [0.05, 0.1) is 6.42 Å². The number of carboxylic acid groups (broad SMARTS) is 1. The first-order valence-electron chi connectivity index (χ1n) is 7.26. The van der Waals surface area contributed by atoms with E-state index in [-0.39, 0.29) is 29.5 Å². The molecule has 2 heterocycles. The van der Waals surface area contributed by atoms with Gasteiger partial charge in [0.15, 0.2) is 11.8 Å². The van der Waals surface area contributed by atoms with E-state index in [2.05, 4.69) is 14.9 Å². The number of carboxylic acids is 1. The summed E-state index contributed by atoms with van der Waals surface area (Å²) in [5.74, 6) is -1.10. The molecule has 1 N–H and O–H groups in total. The van der Waals surface area contributed by atoms with Gasteiger partial charge in [0.2, 0.25) is 5.90 Å². The highest BCUT2D eigenvalue weighted by Crippen LogP contribution is 2.30. The lowest BCUT2D eigenvalue weighted by Crippen LogP contribution is -2.17. The minimum Gasteiger partial charge on any atom is -0.477 e. The molecule has 0 unspecified atom stereocenters. The Balaban J connectivity index is 1.61. The smallest absolute Gasteiger partial charge is 0.477 e. The molecule has 0 amide bonds. The van der Waals surface area contributed by atoms with E-state index in [4.69, 9.17) is 14.7 Å². The second kappa shape index (κ2) is 6.90. The predicted octanol–water partition coefficient (Wildman–Crippen LogP) is 3.53. The van der Waals surface area contributed by atoms with Crippen molar-refractivity contribution in [1.82, 2.24) is 4.98 Å². The van der Waals surface area contributed by atoms with Gasteiger partial charge in [-0.2, -0.15) is 0 Å². The molecule has 1 aliphatic heterocycles. The quantitative estimate of drug-likeness (QED) is 0.888. The van der Waals surface area contributed by atoms with E-state index < -0.39 is 18.4 Å².